The predicted octanol–water partition coefficient (Wildman–Crippen LogP) is 3.35. The van der Waals surface area contributed by atoms with Gasteiger partial charge in [-0.15, -0.1) is 6.58 Å². The first-order valence-electron chi connectivity index (χ1n) is 6.95. The molecule has 0 atom stereocenters. The largest absolute Gasteiger partial charge is 0.377 e. The van der Waals surface area contributed by atoms with Crippen LogP contribution in [0.15, 0.2) is 36.9 Å². The number of rotatable bonds is 5. The quantitative estimate of drug-likeness (QED) is 0.442. The van der Waals surface area contributed by atoms with Crippen LogP contribution in [0, 0.1) is 9.49 Å². The maximum atomic E-state index is 12.5. The van der Waals surface area contributed by atoms with Crippen molar-refractivity contribution in [2.75, 3.05) is 26.3 Å². The second-order valence-electron chi connectivity index (χ2n) is 5.04. The van der Waals surface area contributed by atoms with Gasteiger partial charge in [0, 0.05) is 23.3 Å². The predicted molar refractivity (Wildman–Crippen MR) is 88.8 cm³/mol. The summed E-state index contributed by atoms with van der Waals surface area (Å²) in [4.78, 5) is 14.4. The minimum atomic E-state index is 0.153. The molecule has 0 spiro atoms. The molecule has 108 valence electrons. The van der Waals surface area contributed by atoms with Gasteiger partial charge in [0.05, 0.1) is 12.2 Å². The van der Waals surface area contributed by atoms with Gasteiger partial charge in [0.1, 0.15) is 0 Å². The summed E-state index contributed by atoms with van der Waals surface area (Å²) in [6.45, 7) is 6.68. The summed E-state index contributed by atoms with van der Waals surface area (Å²) < 4.78 is 6.52. The zero-order chi connectivity index (χ0) is 14.4. The molecular weight excluding hydrogens is 365 g/mol. The van der Waals surface area contributed by atoms with Crippen LogP contribution in [0.1, 0.15) is 23.2 Å². The fraction of sp³-hybridized carbons (Fsp3) is 0.438. The Morgan fingerprint density at radius 1 is 1.40 bits per heavy atom. The van der Waals surface area contributed by atoms with Crippen LogP contribution < -0.4 is 0 Å². The Hall–Kier alpha value is -0.880. The van der Waals surface area contributed by atoms with Gasteiger partial charge < -0.3 is 9.64 Å². The molecule has 0 saturated carbocycles. The van der Waals surface area contributed by atoms with Crippen LogP contribution in [0.25, 0.3) is 0 Å². The molecule has 1 saturated heterocycles. The molecule has 0 radical (unpaired) electrons. The van der Waals surface area contributed by atoms with Crippen molar-refractivity contribution < 1.29 is 9.53 Å². The number of carbonyl (C=O) groups excluding carboxylic acids is 1. The van der Waals surface area contributed by atoms with Crippen molar-refractivity contribution in [1.29, 1.82) is 0 Å². The molecule has 0 aliphatic carbocycles. The van der Waals surface area contributed by atoms with E-state index in [-0.39, 0.29) is 5.91 Å². The van der Waals surface area contributed by atoms with Gasteiger partial charge in [0.25, 0.3) is 5.91 Å². The molecule has 20 heavy (non-hydrogen) atoms. The Bertz CT molecular complexity index is 467. The second kappa shape index (κ2) is 7.78. The Morgan fingerprint density at radius 2 is 2.10 bits per heavy atom. The van der Waals surface area contributed by atoms with Crippen LogP contribution in [-0.4, -0.2) is 37.1 Å². The molecule has 1 aromatic rings. The summed E-state index contributed by atoms with van der Waals surface area (Å²) >= 11 is 2.22. The number of benzene rings is 1. The molecular formula is C16H20INO2. The fourth-order valence-corrected chi connectivity index (χ4v) is 3.04. The average Bonchev–Trinajstić information content (AvgIpc) is 2.48. The maximum absolute atomic E-state index is 12.5. The monoisotopic (exact) mass is 385 g/mol. The van der Waals surface area contributed by atoms with Crippen LogP contribution in [0.2, 0.25) is 0 Å². The normalized spacial score (nSPS) is 16.1. The van der Waals surface area contributed by atoms with E-state index in [9.17, 15) is 4.79 Å². The first kappa shape index (κ1) is 15.5. The lowest BCUT2D eigenvalue weighted by Crippen LogP contribution is -2.39. The van der Waals surface area contributed by atoms with Crippen LogP contribution >= 0.6 is 22.6 Å². The highest BCUT2D eigenvalue weighted by Gasteiger charge is 2.24. The van der Waals surface area contributed by atoms with Gasteiger partial charge in [-0.05, 0) is 53.5 Å². The van der Waals surface area contributed by atoms with E-state index in [2.05, 4.69) is 29.2 Å². The smallest absolute Gasteiger partial charge is 0.254 e. The number of likely N-dealkylation sites (tertiary alicyclic amines) is 1. The van der Waals surface area contributed by atoms with Crippen molar-refractivity contribution in [3.8, 4) is 0 Å². The highest BCUT2D eigenvalue weighted by molar-refractivity contribution is 14.1. The molecule has 1 fully saturated rings. The van der Waals surface area contributed by atoms with Crippen molar-refractivity contribution in [2.24, 2.45) is 5.92 Å². The van der Waals surface area contributed by atoms with Crippen LogP contribution in [0.4, 0.5) is 0 Å². The van der Waals surface area contributed by atoms with Crippen molar-refractivity contribution >= 4 is 28.5 Å². The molecule has 1 heterocycles. The van der Waals surface area contributed by atoms with Gasteiger partial charge in [-0.3, -0.25) is 4.79 Å². The lowest BCUT2D eigenvalue weighted by molar-refractivity contribution is 0.0575. The summed E-state index contributed by atoms with van der Waals surface area (Å²) in [6.07, 6.45) is 3.81. The third-order valence-electron chi connectivity index (χ3n) is 3.60. The molecule has 1 amide bonds. The fourth-order valence-electron chi connectivity index (χ4n) is 2.43. The molecule has 2 rings (SSSR count). The number of carbonyl (C=O) groups is 1. The summed E-state index contributed by atoms with van der Waals surface area (Å²) in [6, 6.07) is 7.76. The number of halogens is 1. The first-order valence-corrected chi connectivity index (χ1v) is 8.02. The Labute approximate surface area is 134 Å². The molecule has 0 bridgehead atoms. The van der Waals surface area contributed by atoms with Crippen molar-refractivity contribution in [1.82, 2.24) is 4.90 Å². The van der Waals surface area contributed by atoms with Gasteiger partial charge in [-0.25, -0.2) is 0 Å². The van der Waals surface area contributed by atoms with Gasteiger partial charge in [-0.1, -0.05) is 18.2 Å². The van der Waals surface area contributed by atoms with Crippen molar-refractivity contribution in [2.45, 2.75) is 12.8 Å². The molecule has 4 heteroatoms. The third kappa shape index (κ3) is 4.06. The van der Waals surface area contributed by atoms with E-state index in [0.29, 0.717) is 12.5 Å². The van der Waals surface area contributed by atoms with E-state index >= 15 is 0 Å². The topological polar surface area (TPSA) is 29.5 Å². The van der Waals surface area contributed by atoms with E-state index in [1.165, 1.54) is 0 Å². The summed E-state index contributed by atoms with van der Waals surface area (Å²) in [5.74, 6) is 0.717. The first-order chi connectivity index (χ1) is 9.72. The van der Waals surface area contributed by atoms with Crippen molar-refractivity contribution in [3.63, 3.8) is 0 Å². The SMILES string of the molecule is C=CCOCC1CCN(C(=O)c2ccccc2I)CC1. The molecule has 1 aliphatic rings. The standard InChI is InChI=1S/C16H20INO2/c1-2-11-20-12-13-7-9-18(10-8-13)16(19)14-5-3-4-6-15(14)17/h2-6,13H,1,7-12H2. The average molecular weight is 385 g/mol. The summed E-state index contributed by atoms with van der Waals surface area (Å²) in [5.41, 5.74) is 0.814. The number of hydrogen-bond donors (Lipinski definition) is 0. The minimum Gasteiger partial charge on any atom is -0.377 e. The number of amides is 1. The third-order valence-corrected chi connectivity index (χ3v) is 4.54. The zero-order valence-corrected chi connectivity index (χ0v) is 13.7. The Morgan fingerprint density at radius 3 is 2.75 bits per heavy atom. The summed E-state index contributed by atoms with van der Waals surface area (Å²) in [7, 11) is 0. The van der Waals surface area contributed by atoms with Crippen LogP contribution in [-0.2, 0) is 4.74 Å². The lowest BCUT2D eigenvalue weighted by Gasteiger charge is -2.32. The molecule has 0 N–H and O–H groups in total. The molecule has 0 unspecified atom stereocenters. The Balaban J connectivity index is 1.86. The van der Waals surface area contributed by atoms with Gasteiger partial charge in [0.15, 0.2) is 0 Å². The summed E-state index contributed by atoms with van der Waals surface area (Å²) in [5, 5.41) is 0. The Kier molecular flexibility index (Phi) is 6.04. The van der Waals surface area contributed by atoms with E-state index in [1.54, 1.807) is 6.08 Å². The molecule has 0 aromatic heterocycles. The van der Waals surface area contributed by atoms with Crippen LogP contribution in [0.3, 0.4) is 0 Å². The van der Waals surface area contributed by atoms with Crippen LogP contribution in [0.5, 0.6) is 0 Å². The van der Waals surface area contributed by atoms with Crippen molar-refractivity contribution in [3.05, 3.63) is 46.1 Å². The molecule has 3 nitrogen and oxygen atoms in total. The van der Waals surface area contributed by atoms with E-state index in [0.717, 1.165) is 41.7 Å². The maximum Gasteiger partial charge on any atom is 0.254 e. The van der Waals surface area contributed by atoms with Gasteiger partial charge >= 0.3 is 0 Å². The van der Waals surface area contributed by atoms with Gasteiger partial charge in [-0.2, -0.15) is 0 Å². The highest BCUT2D eigenvalue weighted by atomic mass is 127. The number of hydrogen-bond acceptors (Lipinski definition) is 2. The molecule has 1 aromatic carbocycles. The molecule has 1 aliphatic heterocycles. The number of piperidine rings is 1. The van der Waals surface area contributed by atoms with Gasteiger partial charge in [0.2, 0.25) is 0 Å². The minimum absolute atomic E-state index is 0.153. The van der Waals surface area contributed by atoms with E-state index < -0.39 is 0 Å². The van der Waals surface area contributed by atoms with E-state index in [1.807, 2.05) is 29.2 Å². The highest BCUT2D eigenvalue weighted by Crippen LogP contribution is 2.21. The second-order valence-corrected chi connectivity index (χ2v) is 6.20. The van der Waals surface area contributed by atoms with E-state index in [4.69, 9.17) is 4.74 Å². The zero-order valence-electron chi connectivity index (χ0n) is 11.6. The number of ether oxygens (including phenoxy) is 1. The number of nitrogens with zero attached hydrogens (tertiary/aromatic N) is 1. The lowest BCUT2D eigenvalue weighted by atomic mass is 9.97.